The molecule has 1 saturated heterocycles. The molecule has 1 spiro atoms. The van der Waals surface area contributed by atoms with Gasteiger partial charge in [-0.2, -0.15) is 5.26 Å². The summed E-state index contributed by atoms with van der Waals surface area (Å²) in [5.41, 5.74) is -0.763. The highest BCUT2D eigenvalue weighted by Crippen LogP contribution is 2.50. The van der Waals surface area contributed by atoms with Crippen LogP contribution in [-0.2, 0) is 4.79 Å². The Bertz CT molecular complexity index is 1100. The van der Waals surface area contributed by atoms with Crippen LogP contribution in [0.5, 0.6) is 0 Å². The number of rotatable bonds is 3. The van der Waals surface area contributed by atoms with Crippen molar-refractivity contribution in [2.24, 2.45) is 0 Å². The molecule has 4 rings (SSSR count). The van der Waals surface area contributed by atoms with Crippen LogP contribution in [0.15, 0.2) is 30.5 Å². The van der Waals surface area contributed by atoms with E-state index >= 15 is 0 Å². The van der Waals surface area contributed by atoms with Crippen LogP contribution in [0.2, 0.25) is 5.02 Å². The highest BCUT2D eigenvalue weighted by Gasteiger charge is 2.60. The molecule has 30 heavy (non-hydrogen) atoms. The van der Waals surface area contributed by atoms with Crippen molar-refractivity contribution in [3.8, 4) is 6.07 Å². The summed E-state index contributed by atoms with van der Waals surface area (Å²) >= 11 is 10.8. The van der Waals surface area contributed by atoms with Crippen LogP contribution in [0.4, 0.5) is 15.8 Å². The molecule has 0 bridgehead atoms. The van der Waals surface area contributed by atoms with Crippen molar-refractivity contribution in [2.45, 2.75) is 30.3 Å². The number of nitrogens with one attached hydrogen (secondary N) is 1. The van der Waals surface area contributed by atoms with Crippen LogP contribution < -0.4 is 15.1 Å². The Kier molecular flexibility index (Phi) is 5.08. The molecule has 2 aliphatic rings. The molecule has 10 heteroatoms. The van der Waals surface area contributed by atoms with Gasteiger partial charge in [-0.05, 0) is 43.5 Å². The van der Waals surface area contributed by atoms with E-state index in [1.807, 2.05) is 6.07 Å². The number of benzene rings is 1. The summed E-state index contributed by atoms with van der Waals surface area (Å²) in [5, 5.41) is 11.6. The normalized spacial score (nSPS) is 19.6. The maximum atomic E-state index is 14.6. The lowest BCUT2D eigenvalue weighted by atomic mass is 9.75. The standard InChI is InChI=1S/C20H17ClFN5O2S/c1-24-17(28)13-4-3-11(8-15(13)22)27-19(30)26(18(29)20(27)5-2-6-20)12-7-14(21)16(9-23)25-10-12/h3-4,7-8,10,19,30H,2,5-6H2,1H3,(H,24,28). The highest BCUT2D eigenvalue weighted by molar-refractivity contribution is 7.81. The minimum Gasteiger partial charge on any atom is -0.355 e. The maximum Gasteiger partial charge on any atom is 0.255 e. The third-order valence-electron chi connectivity index (χ3n) is 5.63. The molecule has 1 N–H and O–H groups in total. The van der Waals surface area contributed by atoms with Crippen LogP contribution in [0.3, 0.4) is 0 Å². The number of amides is 2. The number of halogens is 2. The second-order valence-electron chi connectivity index (χ2n) is 7.16. The van der Waals surface area contributed by atoms with E-state index in [0.29, 0.717) is 24.2 Å². The van der Waals surface area contributed by atoms with E-state index in [4.69, 9.17) is 16.9 Å². The smallest absolute Gasteiger partial charge is 0.255 e. The van der Waals surface area contributed by atoms with Gasteiger partial charge in [-0.1, -0.05) is 11.6 Å². The van der Waals surface area contributed by atoms with Crippen LogP contribution in [0.1, 0.15) is 35.3 Å². The van der Waals surface area contributed by atoms with Gasteiger partial charge in [-0.25, -0.2) is 9.37 Å². The van der Waals surface area contributed by atoms with Gasteiger partial charge in [0.25, 0.3) is 11.8 Å². The molecule has 1 unspecified atom stereocenters. The van der Waals surface area contributed by atoms with Crippen molar-refractivity contribution >= 4 is 47.4 Å². The second kappa shape index (κ2) is 7.45. The van der Waals surface area contributed by atoms with Gasteiger partial charge in [0.2, 0.25) is 0 Å². The molecule has 1 aliphatic carbocycles. The van der Waals surface area contributed by atoms with Crippen molar-refractivity contribution in [1.29, 1.82) is 5.26 Å². The number of thiol groups is 1. The number of hydrogen-bond acceptors (Lipinski definition) is 6. The molecule has 2 fully saturated rings. The Hall–Kier alpha value is -2.83. The predicted molar refractivity (Wildman–Crippen MR) is 113 cm³/mol. The zero-order valence-electron chi connectivity index (χ0n) is 15.9. The third-order valence-corrected chi connectivity index (χ3v) is 6.38. The minimum absolute atomic E-state index is 0.0600. The van der Waals surface area contributed by atoms with E-state index < -0.39 is 22.8 Å². The van der Waals surface area contributed by atoms with Crippen LogP contribution in [-0.4, -0.2) is 34.9 Å². The van der Waals surface area contributed by atoms with Crippen molar-refractivity contribution in [3.05, 3.63) is 52.6 Å². The number of hydrogen-bond donors (Lipinski definition) is 2. The number of nitriles is 1. The summed E-state index contributed by atoms with van der Waals surface area (Å²) in [6, 6.07) is 7.63. The summed E-state index contributed by atoms with van der Waals surface area (Å²) in [6.07, 6.45) is 3.43. The molecular formula is C20H17ClFN5O2S. The number of pyridine rings is 1. The minimum atomic E-state index is -0.853. The average Bonchev–Trinajstić information content (AvgIpc) is 2.94. The first kappa shape index (κ1) is 20.4. The van der Waals surface area contributed by atoms with Gasteiger partial charge in [-0.15, -0.1) is 12.6 Å². The molecule has 0 radical (unpaired) electrons. The van der Waals surface area contributed by atoms with Gasteiger partial charge in [0.15, 0.2) is 11.2 Å². The number of anilines is 2. The molecule has 154 valence electrons. The molecule has 1 aromatic heterocycles. The zero-order valence-corrected chi connectivity index (χ0v) is 17.5. The monoisotopic (exact) mass is 445 g/mol. The van der Waals surface area contributed by atoms with Gasteiger partial charge in [0.1, 0.15) is 17.4 Å². The van der Waals surface area contributed by atoms with E-state index in [2.05, 4.69) is 22.9 Å². The molecular weight excluding hydrogens is 429 g/mol. The first-order valence-corrected chi connectivity index (χ1v) is 10.1. The SMILES string of the molecule is CNC(=O)c1ccc(N2C(S)N(c3cnc(C#N)c(Cl)c3)C(=O)C23CCC3)cc1F. The Morgan fingerprint density at radius 1 is 1.40 bits per heavy atom. The van der Waals surface area contributed by atoms with Crippen LogP contribution in [0.25, 0.3) is 0 Å². The summed E-state index contributed by atoms with van der Waals surface area (Å²) in [6.45, 7) is 0. The van der Waals surface area contributed by atoms with E-state index in [0.717, 1.165) is 6.42 Å². The average molecular weight is 446 g/mol. The Morgan fingerprint density at radius 2 is 2.13 bits per heavy atom. The van der Waals surface area contributed by atoms with E-state index in [1.54, 1.807) is 11.0 Å². The summed E-state index contributed by atoms with van der Waals surface area (Å²) < 4.78 is 14.6. The molecule has 2 aromatic rings. The fraction of sp³-hybridized carbons (Fsp3) is 0.300. The van der Waals surface area contributed by atoms with Gasteiger partial charge >= 0.3 is 0 Å². The largest absolute Gasteiger partial charge is 0.355 e. The van der Waals surface area contributed by atoms with Gasteiger partial charge < -0.3 is 10.2 Å². The lowest BCUT2D eigenvalue weighted by molar-refractivity contribution is -0.124. The lowest BCUT2D eigenvalue weighted by Crippen LogP contribution is -2.55. The first-order valence-electron chi connectivity index (χ1n) is 9.22. The number of carbonyl (C=O) groups is 2. The molecule has 2 heterocycles. The number of aromatic nitrogens is 1. The third kappa shape index (κ3) is 2.90. The number of nitrogens with zero attached hydrogens (tertiary/aromatic N) is 4. The fourth-order valence-electron chi connectivity index (χ4n) is 3.98. The maximum absolute atomic E-state index is 14.6. The topological polar surface area (TPSA) is 89.3 Å². The van der Waals surface area contributed by atoms with E-state index in [9.17, 15) is 14.0 Å². The Labute approximate surface area is 182 Å². The highest BCUT2D eigenvalue weighted by atomic mass is 35.5. The van der Waals surface area contributed by atoms with Crippen molar-refractivity contribution in [3.63, 3.8) is 0 Å². The number of carbonyl (C=O) groups excluding carboxylic acids is 2. The summed E-state index contributed by atoms with van der Waals surface area (Å²) in [5.74, 6) is -1.40. The van der Waals surface area contributed by atoms with E-state index in [1.165, 1.54) is 36.3 Å². The molecule has 7 nitrogen and oxygen atoms in total. The van der Waals surface area contributed by atoms with Crippen molar-refractivity contribution in [2.75, 3.05) is 16.8 Å². The lowest BCUT2D eigenvalue weighted by Gasteiger charge is -2.44. The van der Waals surface area contributed by atoms with Gasteiger partial charge in [-0.3, -0.25) is 14.5 Å². The van der Waals surface area contributed by atoms with E-state index in [-0.39, 0.29) is 22.2 Å². The fourth-order valence-corrected chi connectivity index (χ4v) is 4.78. The predicted octanol–water partition coefficient (Wildman–Crippen LogP) is 3.09. The van der Waals surface area contributed by atoms with Crippen molar-refractivity contribution < 1.29 is 14.0 Å². The van der Waals surface area contributed by atoms with Gasteiger partial charge in [0.05, 0.1) is 22.5 Å². The quantitative estimate of drug-likeness (QED) is 0.709. The molecule has 1 atom stereocenters. The molecule has 1 aliphatic heterocycles. The molecule has 1 aromatic carbocycles. The molecule has 2 amide bonds. The second-order valence-corrected chi connectivity index (χ2v) is 8.02. The zero-order chi connectivity index (χ0) is 21.6. The summed E-state index contributed by atoms with van der Waals surface area (Å²) in [7, 11) is 1.43. The van der Waals surface area contributed by atoms with Gasteiger partial charge in [0, 0.05) is 12.7 Å². The van der Waals surface area contributed by atoms with Crippen LogP contribution >= 0.6 is 24.2 Å². The first-order chi connectivity index (χ1) is 14.3. The molecule has 1 saturated carbocycles. The summed E-state index contributed by atoms with van der Waals surface area (Å²) in [4.78, 5) is 32.5. The Balaban J connectivity index is 1.77. The van der Waals surface area contributed by atoms with Crippen molar-refractivity contribution in [1.82, 2.24) is 10.3 Å². The Morgan fingerprint density at radius 3 is 2.67 bits per heavy atom. The van der Waals surface area contributed by atoms with Crippen LogP contribution in [0, 0.1) is 17.1 Å².